The summed E-state index contributed by atoms with van der Waals surface area (Å²) in [6.45, 7) is 3.51. The Morgan fingerprint density at radius 3 is 2.22 bits per heavy atom. The lowest BCUT2D eigenvalue weighted by Gasteiger charge is -2.14. The summed E-state index contributed by atoms with van der Waals surface area (Å²) in [6, 6.07) is 11.8. The van der Waals surface area contributed by atoms with E-state index in [1.807, 2.05) is 6.92 Å². The van der Waals surface area contributed by atoms with Crippen LogP contribution in [0.4, 0.5) is 5.69 Å². The Bertz CT molecular complexity index is 1140. The topological polar surface area (TPSA) is 112 Å². The van der Waals surface area contributed by atoms with Gasteiger partial charge in [0.05, 0.1) is 15.5 Å². The third-order valence-electron chi connectivity index (χ3n) is 4.29. The average Bonchev–Trinajstić information content (AvgIpc) is 3.04. The molecular formula is C18H16N2O6S. The van der Waals surface area contributed by atoms with Gasteiger partial charge < -0.3 is 4.42 Å². The Balaban J connectivity index is 2.07. The molecule has 1 unspecified atom stereocenters. The van der Waals surface area contributed by atoms with Crippen LogP contribution in [0.5, 0.6) is 0 Å². The van der Waals surface area contributed by atoms with Crippen LogP contribution >= 0.6 is 0 Å². The maximum atomic E-state index is 12.9. The van der Waals surface area contributed by atoms with E-state index in [0.717, 1.165) is 11.8 Å². The molecule has 0 N–H and O–H groups in total. The van der Waals surface area contributed by atoms with Gasteiger partial charge in [0.25, 0.3) is 15.7 Å². The molecule has 9 heteroatoms. The van der Waals surface area contributed by atoms with Gasteiger partial charge in [-0.2, -0.15) is 3.97 Å². The summed E-state index contributed by atoms with van der Waals surface area (Å²) in [5.41, 5.74) is 1.54. The minimum atomic E-state index is -4.15. The number of oxazole rings is 1. The number of rotatable bonds is 5. The molecule has 27 heavy (non-hydrogen) atoms. The van der Waals surface area contributed by atoms with Gasteiger partial charge in [0.1, 0.15) is 6.26 Å². The largest absolute Gasteiger partial charge is 0.433 e. The van der Waals surface area contributed by atoms with Gasteiger partial charge in [-0.25, -0.2) is 13.2 Å². The van der Waals surface area contributed by atoms with Crippen LogP contribution in [0.15, 0.2) is 68.9 Å². The maximum Gasteiger partial charge on any atom is 0.433 e. The number of non-ortho nitro benzene ring substituents is 1. The fourth-order valence-electron chi connectivity index (χ4n) is 2.70. The zero-order chi connectivity index (χ0) is 19.8. The molecule has 0 aliphatic rings. The van der Waals surface area contributed by atoms with Crippen molar-refractivity contribution in [1.82, 2.24) is 3.97 Å². The number of nitro groups is 1. The number of nitrogens with zero attached hydrogens (tertiary/aromatic N) is 2. The van der Waals surface area contributed by atoms with E-state index in [4.69, 9.17) is 4.42 Å². The highest BCUT2D eigenvalue weighted by Gasteiger charge is 2.27. The summed E-state index contributed by atoms with van der Waals surface area (Å²) in [5, 5.41) is 10.8. The molecule has 1 aromatic heterocycles. The van der Waals surface area contributed by atoms with Crippen LogP contribution in [0.3, 0.4) is 0 Å². The number of aromatic nitrogens is 1. The lowest BCUT2D eigenvalue weighted by molar-refractivity contribution is -0.384. The van der Waals surface area contributed by atoms with Crippen LogP contribution in [-0.4, -0.2) is 17.3 Å². The van der Waals surface area contributed by atoms with E-state index < -0.39 is 26.6 Å². The van der Waals surface area contributed by atoms with Crippen molar-refractivity contribution in [1.29, 1.82) is 0 Å². The quantitative estimate of drug-likeness (QED) is 0.490. The van der Waals surface area contributed by atoms with Crippen molar-refractivity contribution in [3.63, 3.8) is 0 Å². The molecule has 0 bridgehead atoms. The van der Waals surface area contributed by atoms with Crippen molar-refractivity contribution in [2.45, 2.75) is 24.7 Å². The van der Waals surface area contributed by atoms with Crippen molar-refractivity contribution in [3.05, 3.63) is 92.3 Å². The van der Waals surface area contributed by atoms with Crippen molar-refractivity contribution in [3.8, 4) is 0 Å². The molecular weight excluding hydrogens is 372 g/mol. The zero-order valence-corrected chi connectivity index (χ0v) is 15.3. The first-order valence-electron chi connectivity index (χ1n) is 7.99. The first-order valence-corrected chi connectivity index (χ1v) is 9.43. The highest BCUT2D eigenvalue weighted by atomic mass is 32.2. The number of nitro benzene ring substituents is 1. The molecule has 0 fully saturated rings. The molecule has 0 saturated carbocycles. The van der Waals surface area contributed by atoms with E-state index in [1.54, 1.807) is 19.1 Å². The predicted molar refractivity (Wildman–Crippen MR) is 97.3 cm³/mol. The molecule has 0 saturated heterocycles. The molecule has 2 aromatic carbocycles. The van der Waals surface area contributed by atoms with Crippen LogP contribution in [0, 0.1) is 17.0 Å². The summed E-state index contributed by atoms with van der Waals surface area (Å²) in [6.07, 6.45) is 1.10. The maximum absolute atomic E-state index is 12.9. The van der Waals surface area contributed by atoms with E-state index in [-0.39, 0.29) is 16.3 Å². The third kappa shape index (κ3) is 3.41. The van der Waals surface area contributed by atoms with Crippen LogP contribution in [0.1, 0.15) is 29.7 Å². The van der Waals surface area contributed by atoms with E-state index in [9.17, 15) is 23.3 Å². The molecule has 140 valence electrons. The molecule has 3 aromatic rings. The lowest BCUT2D eigenvalue weighted by atomic mass is 9.98. The molecule has 0 radical (unpaired) electrons. The number of aryl methyl sites for hydroxylation is 1. The Morgan fingerprint density at radius 1 is 1.07 bits per heavy atom. The van der Waals surface area contributed by atoms with E-state index >= 15 is 0 Å². The van der Waals surface area contributed by atoms with Crippen LogP contribution in [-0.2, 0) is 10.0 Å². The Morgan fingerprint density at radius 2 is 1.67 bits per heavy atom. The van der Waals surface area contributed by atoms with Gasteiger partial charge in [0, 0.05) is 18.1 Å². The smallest absolute Gasteiger partial charge is 0.415 e. The molecule has 0 spiro atoms. The van der Waals surface area contributed by atoms with Gasteiger partial charge in [0.2, 0.25) is 0 Å². The molecule has 0 aliphatic heterocycles. The molecule has 3 rings (SSSR count). The number of hydrogen-bond acceptors (Lipinski definition) is 6. The van der Waals surface area contributed by atoms with Crippen molar-refractivity contribution >= 4 is 15.7 Å². The second-order valence-electron chi connectivity index (χ2n) is 6.08. The molecule has 1 atom stereocenters. The first-order chi connectivity index (χ1) is 12.7. The summed E-state index contributed by atoms with van der Waals surface area (Å²) < 4.78 is 31.4. The second-order valence-corrected chi connectivity index (χ2v) is 7.87. The fourth-order valence-corrected chi connectivity index (χ4v) is 4.11. The van der Waals surface area contributed by atoms with Crippen LogP contribution in [0.2, 0.25) is 0 Å². The Hall–Kier alpha value is -3.20. The van der Waals surface area contributed by atoms with E-state index in [1.165, 1.54) is 36.4 Å². The second kappa shape index (κ2) is 6.84. The summed E-state index contributed by atoms with van der Waals surface area (Å²) in [5.74, 6) is -1.56. The van der Waals surface area contributed by atoms with Gasteiger partial charge in [-0.05, 0) is 24.6 Å². The normalized spacial score (nSPS) is 12.7. The standard InChI is InChI=1S/C18H16N2O6S/c1-12-3-9-16(10-4-12)27(24,25)19-17(11-26-18(19)21)13(2)14-5-7-15(8-6-14)20(22)23/h3-11,13H,1-2H3. The van der Waals surface area contributed by atoms with Gasteiger partial charge in [-0.15, -0.1) is 0 Å². The summed E-state index contributed by atoms with van der Waals surface area (Å²) in [7, 11) is -4.15. The highest BCUT2D eigenvalue weighted by molar-refractivity contribution is 7.90. The van der Waals surface area contributed by atoms with E-state index in [0.29, 0.717) is 9.54 Å². The summed E-state index contributed by atoms with van der Waals surface area (Å²) in [4.78, 5) is 22.4. The lowest BCUT2D eigenvalue weighted by Crippen LogP contribution is -2.26. The van der Waals surface area contributed by atoms with Crippen molar-refractivity contribution in [2.24, 2.45) is 0 Å². The highest BCUT2D eigenvalue weighted by Crippen LogP contribution is 2.27. The van der Waals surface area contributed by atoms with E-state index in [2.05, 4.69) is 0 Å². The molecule has 0 aliphatic carbocycles. The number of benzene rings is 2. The predicted octanol–water partition coefficient (Wildman–Crippen LogP) is 3.05. The third-order valence-corrected chi connectivity index (χ3v) is 6.00. The van der Waals surface area contributed by atoms with Gasteiger partial charge in [-0.3, -0.25) is 10.1 Å². The van der Waals surface area contributed by atoms with Gasteiger partial charge in [0.15, 0.2) is 0 Å². The molecule has 8 nitrogen and oxygen atoms in total. The average molecular weight is 388 g/mol. The van der Waals surface area contributed by atoms with Gasteiger partial charge >= 0.3 is 5.76 Å². The SMILES string of the molecule is Cc1ccc(S(=O)(=O)n2c(C(C)c3ccc([N+](=O)[O-])cc3)coc2=O)cc1. The monoisotopic (exact) mass is 388 g/mol. The first kappa shape index (κ1) is 18.6. The minimum absolute atomic E-state index is 0.0336. The molecule has 0 amide bonds. The zero-order valence-electron chi connectivity index (χ0n) is 14.5. The van der Waals surface area contributed by atoms with Crippen molar-refractivity contribution in [2.75, 3.05) is 0 Å². The minimum Gasteiger partial charge on any atom is -0.415 e. The Kier molecular flexibility index (Phi) is 4.71. The molecule has 1 heterocycles. The van der Waals surface area contributed by atoms with Gasteiger partial charge in [-0.1, -0.05) is 36.8 Å². The fraction of sp³-hybridized carbons (Fsp3) is 0.167. The number of hydrogen-bond donors (Lipinski definition) is 0. The van der Waals surface area contributed by atoms with Crippen LogP contribution < -0.4 is 5.76 Å². The summed E-state index contributed by atoms with van der Waals surface area (Å²) >= 11 is 0. The van der Waals surface area contributed by atoms with Crippen LogP contribution in [0.25, 0.3) is 0 Å². The van der Waals surface area contributed by atoms with Crippen molar-refractivity contribution < 1.29 is 17.8 Å². The Labute approximate surface area is 154 Å².